The van der Waals surface area contributed by atoms with E-state index in [2.05, 4.69) is 19.7 Å². The number of phenolic OH excluding ortho intramolecular Hbond substituents is 1. The second-order valence-corrected chi connectivity index (χ2v) is 21.7. The van der Waals surface area contributed by atoms with Gasteiger partial charge in [0.25, 0.3) is 17.7 Å². The molecule has 2 atom stereocenters. The number of carbonyl (C=O) groups excluding carboxylic acids is 6. The van der Waals surface area contributed by atoms with E-state index < -0.39 is 47.8 Å². The second kappa shape index (κ2) is 25.4. The van der Waals surface area contributed by atoms with Gasteiger partial charge in [-0.15, -0.1) is 0 Å². The minimum absolute atomic E-state index is 0.0262. The summed E-state index contributed by atoms with van der Waals surface area (Å²) < 4.78 is 30.4. The molecule has 80 heavy (non-hydrogen) atoms. The first-order valence-corrected chi connectivity index (χ1v) is 27.6. The number of hydrogen-bond donors (Lipinski definition) is 2. The topological polar surface area (TPSA) is 223 Å². The maximum atomic E-state index is 13.7. The first-order chi connectivity index (χ1) is 38.5. The van der Waals surface area contributed by atoms with Crippen LogP contribution in [0.2, 0.25) is 5.02 Å². The van der Waals surface area contributed by atoms with E-state index >= 15 is 0 Å². The van der Waals surface area contributed by atoms with Gasteiger partial charge in [-0.1, -0.05) is 35.9 Å². The number of nitrogens with one attached hydrogen (secondary N) is 1. The van der Waals surface area contributed by atoms with Crippen molar-refractivity contribution in [3.63, 3.8) is 0 Å². The third-order valence-corrected chi connectivity index (χ3v) is 15.1. The molecule has 0 radical (unpaired) electrons. The molecule has 4 aliphatic rings. The number of amides is 4. The number of likely N-dealkylation sites (tertiary alicyclic amines) is 2. The SMILES string of the molecule is CCOc1cc(O)c(C(=O)/C=C/c2ccc(N3CCN(CCOCCOCCOc4cccc5c4C(=O)N(C4CCC(=O)N(COC(=O)C(C)(C)C)C4=O)C5=O)CC3)cc2Cl)cc1CN1CCCC(n2c(=O)[nH]c3ccccc32)C1. The third-order valence-electron chi connectivity index (χ3n) is 14.8. The molecule has 424 valence electrons. The van der Waals surface area contributed by atoms with Gasteiger partial charge in [-0.25, -0.2) is 9.69 Å². The highest BCUT2D eigenvalue weighted by Gasteiger charge is 2.48. The predicted molar refractivity (Wildman–Crippen MR) is 298 cm³/mol. The summed E-state index contributed by atoms with van der Waals surface area (Å²) in [6.45, 7) is 13.9. The van der Waals surface area contributed by atoms with E-state index in [4.69, 9.17) is 35.3 Å². The van der Waals surface area contributed by atoms with Crippen molar-refractivity contribution in [3.8, 4) is 17.2 Å². The summed E-state index contributed by atoms with van der Waals surface area (Å²) in [7, 11) is 0. The number of carbonyl (C=O) groups is 6. The number of aromatic hydroxyl groups is 1. The van der Waals surface area contributed by atoms with Crippen LogP contribution in [0.15, 0.2) is 83.7 Å². The van der Waals surface area contributed by atoms with E-state index in [0.29, 0.717) is 55.9 Å². The fourth-order valence-corrected chi connectivity index (χ4v) is 10.8. The van der Waals surface area contributed by atoms with Crippen molar-refractivity contribution < 1.29 is 57.6 Å². The summed E-state index contributed by atoms with van der Waals surface area (Å²) in [6, 6.07) is 20.0. The van der Waals surface area contributed by atoms with Crippen molar-refractivity contribution in [1.82, 2.24) is 29.2 Å². The zero-order chi connectivity index (χ0) is 56.7. The largest absolute Gasteiger partial charge is 0.507 e. The number of phenols is 1. The highest BCUT2D eigenvalue weighted by molar-refractivity contribution is 6.32. The molecule has 3 fully saturated rings. The number of aromatic amines is 1. The van der Waals surface area contributed by atoms with Crippen LogP contribution < -0.4 is 20.1 Å². The van der Waals surface area contributed by atoms with Gasteiger partial charge in [-0.05, 0) is 114 Å². The number of halogens is 1. The van der Waals surface area contributed by atoms with Gasteiger partial charge < -0.3 is 38.7 Å². The number of nitrogens with zero attached hydrogens (tertiary/aromatic N) is 6. The Balaban J connectivity index is 0.683. The fraction of sp³-hybridized carbons (Fsp3) is 0.441. The number of piperazine rings is 1. The fourth-order valence-electron chi connectivity index (χ4n) is 10.6. The summed E-state index contributed by atoms with van der Waals surface area (Å²) >= 11 is 6.80. The van der Waals surface area contributed by atoms with Gasteiger partial charge in [0.15, 0.2) is 12.5 Å². The Labute approximate surface area is 468 Å². The second-order valence-electron chi connectivity index (χ2n) is 21.2. The highest BCUT2D eigenvalue weighted by atomic mass is 35.5. The summed E-state index contributed by atoms with van der Waals surface area (Å²) in [4.78, 5) is 104. The Kier molecular flexibility index (Phi) is 18.2. The minimum Gasteiger partial charge on any atom is -0.507 e. The molecule has 0 bridgehead atoms. The molecule has 5 heterocycles. The average Bonchev–Trinajstić information content (AvgIpc) is 4.11. The Bertz CT molecular complexity index is 3230. The van der Waals surface area contributed by atoms with Crippen molar-refractivity contribution in [2.24, 2.45) is 5.41 Å². The number of ether oxygens (including phenoxy) is 5. The average molecular weight is 1120 g/mol. The van der Waals surface area contributed by atoms with Gasteiger partial charge >= 0.3 is 11.7 Å². The van der Waals surface area contributed by atoms with Crippen LogP contribution in [0.5, 0.6) is 17.2 Å². The van der Waals surface area contributed by atoms with Crippen molar-refractivity contribution in [2.75, 3.05) is 97.1 Å². The number of para-hydroxylation sites is 2. The molecule has 4 aliphatic heterocycles. The first kappa shape index (κ1) is 57.3. The van der Waals surface area contributed by atoms with E-state index in [9.17, 15) is 38.7 Å². The molecule has 21 heteroatoms. The van der Waals surface area contributed by atoms with Crippen LogP contribution in [0.25, 0.3) is 17.1 Å². The van der Waals surface area contributed by atoms with Crippen LogP contribution in [-0.2, 0) is 35.1 Å². The maximum Gasteiger partial charge on any atom is 0.326 e. The van der Waals surface area contributed by atoms with Crippen LogP contribution in [0.4, 0.5) is 5.69 Å². The number of ketones is 1. The monoisotopic (exact) mass is 1120 g/mol. The number of H-pyrrole nitrogens is 1. The molecule has 3 saturated heterocycles. The van der Waals surface area contributed by atoms with Gasteiger partial charge in [-0.2, -0.15) is 0 Å². The highest BCUT2D eigenvalue weighted by Crippen LogP contribution is 2.36. The number of rotatable bonds is 22. The predicted octanol–water partition coefficient (Wildman–Crippen LogP) is 6.72. The van der Waals surface area contributed by atoms with Crippen LogP contribution in [-0.4, -0.2) is 168 Å². The smallest absolute Gasteiger partial charge is 0.326 e. The number of aromatic nitrogens is 2. The number of benzene rings is 4. The Morgan fingerprint density at radius 2 is 1.57 bits per heavy atom. The van der Waals surface area contributed by atoms with Crippen LogP contribution in [0.1, 0.15) is 102 Å². The number of hydrogen-bond acceptors (Lipinski definition) is 16. The lowest BCUT2D eigenvalue weighted by Gasteiger charge is -2.36. The van der Waals surface area contributed by atoms with E-state index in [1.54, 1.807) is 45.0 Å². The molecular formula is C59H68ClN7O13. The normalized spacial score (nSPS) is 18.4. The van der Waals surface area contributed by atoms with Crippen molar-refractivity contribution in [2.45, 2.75) is 72.0 Å². The molecule has 20 nitrogen and oxygen atoms in total. The number of allylic oxidation sites excluding steroid dienone is 1. The van der Waals surface area contributed by atoms with Gasteiger partial charge in [0.2, 0.25) is 5.91 Å². The lowest BCUT2D eigenvalue weighted by Crippen LogP contribution is -2.56. The van der Waals surface area contributed by atoms with E-state index in [-0.39, 0.29) is 71.8 Å². The van der Waals surface area contributed by atoms with E-state index in [1.807, 2.05) is 54.0 Å². The number of piperidine rings is 2. The van der Waals surface area contributed by atoms with Crippen LogP contribution in [0.3, 0.4) is 0 Å². The first-order valence-electron chi connectivity index (χ1n) is 27.2. The number of imidazole rings is 1. The Morgan fingerprint density at radius 3 is 2.34 bits per heavy atom. The summed E-state index contributed by atoms with van der Waals surface area (Å²) in [5.41, 5.74) is 3.36. The lowest BCUT2D eigenvalue weighted by atomic mass is 9.97. The van der Waals surface area contributed by atoms with Gasteiger partial charge in [0, 0.05) is 74.6 Å². The summed E-state index contributed by atoms with van der Waals surface area (Å²) in [6.07, 6.45) is 4.67. The van der Waals surface area contributed by atoms with E-state index in [1.165, 1.54) is 18.2 Å². The van der Waals surface area contributed by atoms with Crippen LogP contribution >= 0.6 is 11.6 Å². The zero-order valence-corrected chi connectivity index (χ0v) is 46.3. The molecule has 1 aromatic heterocycles. The number of fused-ring (bicyclic) bond motifs is 2. The molecule has 9 rings (SSSR count). The third kappa shape index (κ3) is 13.0. The Morgan fingerprint density at radius 1 is 0.812 bits per heavy atom. The maximum absolute atomic E-state index is 13.7. The van der Waals surface area contributed by atoms with Gasteiger partial charge in [0.05, 0.1) is 72.2 Å². The molecule has 0 spiro atoms. The molecule has 4 aromatic carbocycles. The molecule has 2 unspecified atom stereocenters. The summed E-state index contributed by atoms with van der Waals surface area (Å²) in [5.74, 6) is -3.23. The quantitative estimate of drug-likeness (QED) is 0.0242. The van der Waals surface area contributed by atoms with Crippen molar-refractivity contribution in [3.05, 3.63) is 122 Å². The van der Waals surface area contributed by atoms with E-state index in [0.717, 1.165) is 84.2 Å². The molecule has 2 N–H and O–H groups in total. The summed E-state index contributed by atoms with van der Waals surface area (Å²) in [5, 5.41) is 11.5. The number of imide groups is 2. The van der Waals surface area contributed by atoms with Gasteiger partial charge in [-0.3, -0.25) is 48.0 Å². The number of esters is 1. The molecule has 0 aliphatic carbocycles. The number of anilines is 1. The standard InChI is InChI=1S/C59H68ClN7O13/c1-5-78-51-34-49(69)43(32-39(51)35-63-21-9-10-41(36-63)66-46-13-7-6-12-45(46)61-58(66)75)48(68)19-16-38-15-17-40(33-44(38)60)64-24-22-62(23-25-64)26-27-76-28-29-77-30-31-79-50-14-8-11-42-53(50)56(73)67(54(42)71)47-18-20-52(70)65(55(47)72)37-80-57(74)59(2,3)4/h6-8,11-17,19,32-34,41,47,69H,5,9-10,18,20-31,35-37H2,1-4H3,(H,61,75)/b19-16+. The minimum atomic E-state index is -1.25. The lowest BCUT2D eigenvalue weighted by molar-refractivity contribution is -0.168. The molecule has 0 saturated carbocycles. The van der Waals surface area contributed by atoms with Crippen molar-refractivity contribution >= 4 is 69.8 Å². The molecule has 5 aromatic rings. The van der Waals surface area contributed by atoms with Crippen molar-refractivity contribution in [1.29, 1.82) is 0 Å². The van der Waals surface area contributed by atoms with Crippen LogP contribution in [0, 0.1) is 5.41 Å². The van der Waals surface area contributed by atoms with Gasteiger partial charge in [0.1, 0.15) is 29.9 Å². The Hall–Kier alpha value is -7.36. The molecular weight excluding hydrogens is 1050 g/mol. The zero-order valence-electron chi connectivity index (χ0n) is 45.6. The molecule has 4 amide bonds.